The van der Waals surface area contributed by atoms with E-state index in [-0.39, 0.29) is 17.6 Å². The van der Waals surface area contributed by atoms with Crippen LogP contribution in [0.2, 0.25) is 0 Å². The highest BCUT2D eigenvalue weighted by molar-refractivity contribution is 7.89. The lowest BCUT2D eigenvalue weighted by Crippen LogP contribution is -2.42. The number of benzene rings is 2. The number of sulfonamides is 1. The Labute approximate surface area is 174 Å². The first-order valence-corrected chi connectivity index (χ1v) is 11.9. The summed E-state index contributed by atoms with van der Waals surface area (Å²) in [5, 5.41) is 2.99. The summed E-state index contributed by atoms with van der Waals surface area (Å²) < 4.78 is 26.8. The van der Waals surface area contributed by atoms with Gasteiger partial charge in [-0.2, -0.15) is 0 Å². The molecule has 29 heavy (non-hydrogen) atoms. The fourth-order valence-electron chi connectivity index (χ4n) is 3.92. The SMILES string of the molecule is Cc1cc(C)cc(NC(=O)C2CCN(S(=O)(=O)CCCc3ccccc3)CC2)c1. The summed E-state index contributed by atoms with van der Waals surface area (Å²) in [6, 6.07) is 15.9. The van der Waals surface area contributed by atoms with Crippen molar-refractivity contribution in [1.82, 2.24) is 4.31 Å². The van der Waals surface area contributed by atoms with Gasteiger partial charge in [0, 0.05) is 24.7 Å². The van der Waals surface area contributed by atoms with Crippen LogP contribution in [-0.2, 0) is 21.2 Å². The van der Waals surface area contributed by atoms with Crippen LogP contribution < -0.4 is 5.32 Å². The van der Waals surface area contributed by atoms with Crippen LogP contribution >= 0.6 is 0 Å². The van der Waals surface area contributed by atoms with E-state index >= 15 is 0 Å². The number of piperidine rings is 1. The van der Waals surface area contributed by atoms with Crippen LogP contribution in [-0.4, -0.2) is 37.5 Å². The summed E-state index contributed by atoms with van der Waals surface area (Å²) in [6.07, 6.45) is 2.50. The maximum absolute atomic E-state index is 12.6. The Morgan fingerprint density at radius 3 is 2.28 bits per heavy atom. The highest BCUT2D eigenvalue weighted by atomic mass is 32.2. The molecule has 0 bridgehead atoms. The minimum absolute atomic E-state index is 0.0175. The average Bonchev–Trinajstić information content (AvgIpc) is 2.68. The minimum atomic E-state index is -3.27. The Kier molecular flexibility index (Phi) is 7.09. The van der Waals surface area contributed by atoms with Gasteiger partial charge in [0.2, 0.25) is 15.9 Å². The van der Waals surface area contributed by atoms with Gasteiger partial charge < -0.3 is 5.32 Å². The number of hydrogen-bond acceptors (Lipinski definition) is 3. The van der Waals surface area contributed by atoms with E-state index in [0.717, 1.165) is 28.8 Å². The molecule has 156 valence electrons. The van der Waals surface area contributed by atoms with Gasteiger partial charge in [0.1, 0.15) is 0 Å². The summed E-state index contributed by atoms with van der Waals surface area (Å²) in [7, 11) is -3.27. The van der Waals surface area contributed by atoms with Gasteiger partial charge in [0.15, 0.2) is 0 Å². The van der Waals surface area contributed by atoms with Gasteiger partial charge in [-0.25, -0.2) is 12.7 Å². The third-order valence-electron chi connectivity index (χ3n) is 5.42. The van der Waals surface area contributed by atoms with E-state index in [9.17, 15) is 13.2 Å². The molecule has 0 radical (unpaired) electrons. The predicted octanol–water partition coefficient (Wildman–Crippen LogP) is 3.92. The van der Waals surface area contributed by atoms with Crippen LogP contribution in [0.3, 0.4) is 0 Å². The number of rotatable bonds is 7. The van der Waals surface area contributed by atoms with Crippen LogP contribution in [0.15, 0.2) is 48.5 Å². The van der Waals surface area contributed by atoms with E-state index in [1.807, 2.05) is 56.3 Å². The molecule has 0 aliphatic carbocycles. The first-order chi connectivity index (χ1) is 13.8. The zero-order valence-corrected chi connectivity index (χ0v) is 18.0. The van der Waals surface area contributed by atoms with Crippen molar-refractivity contribution in [2.45, 2.75) is 39.5 Å². The highest BCUT2D eigenvalue weighted by Gasteiger charge is 2.30. The van der Waals surface area contributed by atoms with Gasteiger partial charge in [-0.15, -0.1) is 0 Å². The number of amides is 1. The van der Waals surface area contributed by atoms with Gasteiger partial charge >= 0.3 is 0 Å². The third kappa shape index (κ3) is 6.15. The molecule has 1 aliphatic rings. The molecule has 0 saturated carbocycles. The van der Waals surface area contributed by atoms with E-state index in [0.29, 0.717) is 32.4 Å². The van der Waals surface area contributed by atoms with Crippen LogP contribution in [0.4, 0.5) is 5.69 Å². The molecule has 0 unspecified atom stereocenters. The normalized spacial score (nSPS) is 15.9. The van der Waals surface area contributed by atoms with E-state index in [1.165, 1.54) is 0 Å². The molecule has 1 aliphatic heterocycles. The molecule has 1 heterocycles. The summed E-state index contributed by atoms with van der Waals surface area (Å²) in [5.74, 6) is -0.0101. The molecule has 2 aromatic rings. The zero-order valence-electron chi connectivity index (χ0n) is 17.2. The Morgan fingerprint density at radius 2 is 1.66 bits per heavy atom. The minimum Gasteiger partial charge on any atom is -0.326 e. The maximum Gasteiger partial charge on any atom is 0.227 e. The molecule has 1 N–H and O–H groups in total. The lowest BCUT2D eigenvalue weighted by atomic mass is 9.97. The Bertz CT molecular complexity index is 914. The highest BCUT2D eigenvalue weighted by Crippen LogP contribution is 2.23. The summed E-state index contributed by atoms with van der Waals surface area (Å²) in [5.41, 5.74) is 4.18. The first kappa shape index (κ1) is 21.5. The molecule has 5 nitrogen and oxygen atoms in total. The molecule has 0 aromatic heterocycles. The van der Waals surface area contributed by atoms with Gasteiger partial charge in [0.05, 0.1) is 5.75 Å². The zero-order chi connectivity index (χ0) is 20.9. The van der Waals surface area contributed by atoms with Crippen LogP contribution in [0.1, 0.15) is 36.0 Å². The number of anilines is 1. The van der Waals surface area contributed by atoms with Crippen molar-refractivity contribution >= 4 is 21.6 Å². The van der Waals surface area contributed by atoms with Crippen molar-refractivity contribution in [3.63, 3.8) is 0 Å². The first-order valence-electron chi connectivity index (χ1n) is 10.2. The van der Waals surface area contributed by atoms with Gasteiger partial charge in [-0.3, -0.25) is 4.79 Å². The number of carbonyl (C=O) groups excluding carboxylic acids is 1. The van der Waals surface area contributed by atoms with E-state index in [4.69, 9.17) is 0 Å². The van der Waals surface area contributed by atoms with E-state index in [2.05, 4.69) is 11.4 Å². The van der Waals surface area contributed by atoms with E-state index in [1.54, 1.807) is 4.31 Å². The molecule has 1 amide bonds. The van der Waals surface area contributed by atoms with E-state index < -0.39 is 10.0 Å². The standard InChI is InChI=1S/C23H30N2O3S/c1-18-15-19(2)17-22(16-18)24-23(26)21-10-12-25(13-11-21)29(27,28)14-6-9-20-7-4-3-5-8-20/h3-5,7-8,15-17,21H,6,9-14H2,1-2H3,(H,24,26). The molecule has 2 aromatic carbocycles. The number of hydrogen-bond donors (Lipinski definition) is 1. The summed E-state index contributed by atoms with van der Waals surface area (Å²) >= 11 is 0. The number of aryl methyl sites for hydroxylation is 3. The van der Waals surface area contributed by atoms with Crippen molar-refractivity contribution in [2.75, 3.05) is 24.2 Å². The maximum atomic E-state index is 12.6. The topological polar surface area (TPSA) is 66.5 Å². The molecule has 1 fully saturated rings. The van der Waals surface area contributed by atoms with Crippen LogP contribution in [0.25, 0.3) is 0 Å². The van der Waals surface area contributed by atoms with Crippen LogP contribution in [0.5, 0.6) is 0 Å². The smallest absolute Gasteiger partial charge is 0.227 e. The Morgan fingerprint density at radius 1 is 1.03 bits per heavy atom. The van der Waals surface area contributed by atoms with Gasteiger partial charge in [-0.1, -0.05) is 36.4 Å². The van der Waals surface area contributed by atoms with Gasteiger partial charge in [0.25, 0.3) is 0 Å². The molecule has 0 atom stereocenters. The molecule has 6 heteroatoms. The average molecular weight is 415 g/mol. The van der Waals surface area contributed by atoms with Crippen molar-refractivity contribution in [1.29, 1.82) is 0 Å². The Hall–Kier alpha value is -2.18. The number of nitrogens with zero attached hydrogens (tertiary/aromatic N) is 1. The third-order valence-corrected chi connectivity index (χ3v) is 7.37. The fourth-order valence-corrected chi connectivity index (χ4v) is 5.45. The second-order valence-corrected chi connectivity index (χ2v) is 10.0. The summed E-state index contributed by atoms with van der Waals surface area (Å²) in [4.78, 5) is 12.6. The summed E-state index contributed by atoms with van der Waals surface area (Å²) in [6.45, 7) is 4.84. The quantitative estimate of drug-likeness (QED) is 0.747. The lowest BCUT2D eigenvalue weighted by molar-refractivity contribution is -0.120. The fraction of sp³-hybridized carbons (Fsp3) is 0.435. The number of carbonyl (C=O) groups is 1. The molecule has 3 rings (SSSR count). The number of nitrogens with one attached hydrogen (secondary N) is 1. The largest absolute Gasteiger partial charge is 0.326 e. The Balaban J connectivity index is 1.48. The molecule has 1 saturated heterocycles. The van der Waals surface area contributed by atoms with Crippen molar-refractivity contribution < 1.29 is 13.2 Å². The van der Waals surface area contributed by atoms with Crippen molar-refractivity contribution in [2.24, 2.45) is 5.92 Å². The molecule has 0 spiro atoms. The van der Waals surface area contributed by atoms with Crippen LogP contribution in [0, 0.1) is 19.8 Å². The second kappa shape index (κ2) is 9.55. The van der Waals surface area contributed by atoms with Crippen molar-refractivity contribution in [3.05, 3.63) is 65.2 Å². The molecular weight excluding hydrogens is 384 g/mol. The van der Waals surface area contributed by atoms with Gasteiger partial charge in [-0.05, 0) is 68.4 Å². The molecular formula is C23H30N2O3S. The van der Waals surface area contributed by atoms with Crippen molar-refractivity contribution in [3.8, 4) is 0 Å². The predicted molar refractivity (Wildman–Crippen MR) is 117 cm³/mol. The lowest BCUT2D eigenvalue weighted by Gasteiger charge is -2.30. The monoisotopic (exact) mass is 414 g/mol. The second-order valence-electron chi connectivity index (χ2n) is 7.94.